The Kier molecular flexibility index (Phi) is 6.52. The van der Waals surface area contributed by atoms with Crippen LogP contribution < -0.4 is 5.32 Å². The number of aliphatic hydroxyl groups is 1. The number of benzene rings is 2. The minimum Gasteiger partial charge on any atom is -0.395 e. The molecule has 0 aliphatic carbocycles. The molecule has 0 fully saturated rings. The van der Waals surface area contributed by atoms with E-state index in [1.165, 1.54) is 6.07 Å². The summed E-state index contributed by atoms with van der Waals surface area (Å²) in [4.78, 5) is 16.5. The van der Waals surface area contributed by atoms with E-state index in [9.17, 15) is 18.0 Å². The number of aromatic nitrogens is 1. The van der Waals surface area contributed by atoms with E-state index < -0.39 is 11.7 Å². The summed E-state index contributed by atoms with van der Waals surface area (Å²) in [5.41, 5.74) is 3.47. The number of nitrogens with zero attached hydrogens (tertiary/aromatic N) is 1. The summed E-state index contributed by atoms with van der Waals surface area (Å²) in [6.07, 6.45) is -2.41. The van der Waals surface area contributed by atoms with Crippen molar-refractivity contribution in [3.05, 3.63) is 88.6 Å². The van der Waals surface area contributed by atoms with Gasteiger partial charge in [0.15, 0.2) is 0 Å². The van der Waals surface area contributed by atoms with Crippen LogP contribution in [0.5, 0.6) is 0 Å². The first kappa shape index (κ1) is 21.5. The number of aliphatic hydroxyl groups excluding tert-OH is 1. The van der Waals surface area contributed by atoms with E-state index in [1.807, 2.05) is 19.1 Å². The smallest absolute Gasteiger partial charge is 0.395 e. The van der Waals surface area contributed by atoms with Gasteiger partial charge in [0.25, 0.3) is 5.91 Å². The maximum absolute atomic E-state index is 12.9. The molecule has 0 atom stereocenters. The number of amides is 1. The van der Waals surface area contributed by atoms with Gasteiger partial charge in [-0.25, -0.2) is 0 Å². The third kappa shape index (κ3) is 5.24. The molecular formula is C23H21F3N2O2. The SMILES string of the molecule is Cc1cc(-c2cc(Cc3cccc(C(F)(F)F)c3)ccn2)ccc1C(=O)NCCO. The minimum atomic E-state index is -4.37. The van der Waals surface area contributed by atoms with Gasteiger partial charge in [-0.05, 0) is 60.4 Å². The Labute approximate surface area is 172 Å². The van der Waals surface area contributed by atoms with Gasteiger partial charge in [-0.2, -0.15) is 13.2 Å². The summed E-state index contributed by atoms with van der Waals surface area (Å²) in [5, 5.41) is 11.4. The molecule has 0 unspecified atom stereocenters. The van der Waals surface area contributed by atoms with Crippen molar-refractivity contribution in [1.29, 1.82) is 0 Å². The third-order valence-corrected chi connectivity index (χ3v) is 4.65. The fourth-order valence-corrected chi connectivity index (χ4v) is 3.18. The fourth-order valence-electron chi connectivity index (χ4n) is 3.18. The zero-order valence-electron chi connectivity index (χ0n) is 16.3. The molecular weight excluding hydrogens is 393 g/mol. The van der Waals surface area contributed by atoms with Crippen molar-refractivity contribution in [3.8, 4) is 11.3 Å². The van der Waals surface area contributed by atoms with Crippen molar-refractivity contribution in [3.63, 3.8) is 0 Å². The number of pyridine rings is 1. The number of nitrogens with one attached hydrogen (secondary N) is 1. The number of alkyl halides is 3. The maximum Gasteiger partial charge on any atom is 0.416 e. The highest BCUT2D eigenvalue weighted by Gasteiger charge is 2.30. The topological polar surface area (TPSA) is 62.2 Å². The average Bonchev–Trinajstić information content (AvgIpc) is 2.71. The molecule has 0 bridgehead atoms. The standard InChI is InChI=1S/C23H21F3N2O2/c1-15-11-18(5-6-20(15)22(30)28-9-10-29)21-14-17(7-8-27-21)12-16-3-2-4-19(13-16)23(24,25)26/h2-8,11,13-14,29H,9-10,12H2,1H3,(H,28,30). The minimum absolute atomic E-state index is 0.133. The molecule has 1 amide bonds. The summed E-state index contributed by atoms with van der Waals surface area (Å²) in [6.45, 7) is 1.86. The van der Waals surface area contributed by atoms with Gasteiger partial charge < -0.3 is 10.4 Å². The number of carbonyl (C=O) groups is 1. The lowest BCUT2D eigenvalue weighted by atomic mass is 9.99. The Balaban J connectivity index is 1.82. The third-order valence-electron chi connectivity index (χ3n) is 4.65. The van der Waals surface area contributed by atoms with Crippen molar-refractivity contribution in [2.45, 2.75) is 19.5 Å². The first-order chi connectivity index (χ1) is 14.3. The second-order valence-corrected chi connectivity index (χ2v) is 6.93. The van der Waals surface area contributed by atoms with Crippen LogP contribution in [0, 0.1) is 6.92 Å². The second-order valence-electron chi connectivity index (χ2n) is 6.93. The normalized spacial score (nSPS) is 11.4. The van der Waals surface area contributed by atoms with E-state index in [-0.39, 0.29) is 19.1 Å². The van der Waals surface area contributed by atoms with Crippen LogP contribution in [0.25, 0.3) is 11.3 Å². The van der Waals surface area contributed by atoms with Crippen molar-refractivity contribution in [1.82, 2.24) is 10.3 Å². The van der Waals surface area contributed by atoms with Crippen molar-refractivity contribution < 1.29 is 23.1 Å². The summed E-state index contributed by atoms with van der Waals surface area (Å²) in [6, 6.07) is 14.2. The van der Waals surface area contributed by atoms with Gasteiger partial charge in [-0.15, -0.1) is 0 Å². The molecule has 3 rings (SSSR count). The van der Waals surface area contributed by atoms with Crippen molar-refractivity contribution in [2.75, 3.05) is 13.2 Å². The van der Waals surface area contributed by atoms with Crippen molar-refractivity contribution in [2.24, 2.45) is 0 Å². The molecule has 0 aliphatic rings. The van der Waals surface area contributed by atoms with Crippen LogP contribution in [0.1, 0.15) is 32.6 Å². The van der Waals surface area contributed by atoms with E-state index in [0.717, 1.165) is 28.8 Å². The Hall–Kier alpha value is -3.19. The van der Waals surface area contributed by atoms with Gasteiger partial charge in [0.2, 0.25) is 0 Å². The van der Waals surface area contributed by atoms with Crippen LogP contribution in [0.2, 0.25) is 0 Å². The van der Waals surface area contributed by atoms with Gasteiger partial charge in [0, 0.05) is 23.9 Å². The van der Waals surface area contributed by atoms with Gasteiger partial charge in [0.1, 0.15) is 0 Å². The largest absolute Gasteiger partial charge is 0.416 e. The Morgan fingerprint density at radius 1 is 1.07 bits per heavy atom. The predicted octanol–water partition coefficient (Wildman–Crippen LogP) is 4.39. The predicted molar refractivity (Wildman–Crippen MR) is 108 cm³/mol. The summed E-state index contributed by atoms with van der Waals surface area (Å²) >= 11 is 0. The Morgan fingerprint density at radius 2 is 1.83 bits per heavy atom. The summed E-state index contributed by atoms with van der Waals surface area (Å²) < 4.78 is 38.8. The molecule has 156 valence electrons. The highest BCUT2D eigenvalue weighted by molar-refractivity contribution is 5.96. The van der Waals surface area contributed by atoms with Gasteiger partial charge in [0.05, 0.1) is 17.9 Å². The lowest BCUT2D eigenvalue weighted by molar-refractivity contribution is -0.137. The first-order valence-electron chi connectivity index (χ1n) is 9.39. The van der Waals surface area contributed by atoms with Crippen molar-refractivity contribution >= 4 is 5.91 Å². The van der Waals surface area contributed by atoms with Crippen LogP contribution in [0.4, 0.5) is 13.2 Å². The van der Waals surface area contributed by atoms with Gasteiger partial charge in [-0.3, -0.25) is 9.78 Å². The van der Waals surface area contributed by atoms with E-state index in [0.29, 0.717) is 23.2 Å². The van der Waals surface area contributed by atoms with E-state index >= 15 is 0 Å². The molecule has 2 N–H and O–H groups in total. The molecule has 2 aromatic carbocycles. The number of aryl methyl sites for hydroxylation is 1. The molecule has 30 heavy (non-hydrogen) atoms. The number of hydrogen-bond donors (Lipinski definition) is 2. The maximum atomic E-state index is 12.9. The van der Waals surface area contributed by atoms with Gasteiger partial charge in [-0.1, -0.05) is 24.3 Å². The average molecular weight is 414 g/mol. The molecule has 7 heteroatoms. The fraction of sp³-hybridized carbons (Fsp3) is 0.217. The second kappa shape index (κ2) is 9.09. The first-order valence-corrected chi connectivity index (χ1v) is 9.39. The number of halogens is 3. The van der Waals surface area contributed by atoms with E-state index in [4.69, 9.17) is 5.11 Å². The van der Waals surface area contributed by atoms with Crippen LogP contribution in [-0.4, -0.2) is 29.1 Å². The lowest BCUT2D eigenvalue weighted by Crippen LogP contribution is -2.26. The molecule has 1 heterocycles. The zero-order chi connectivity index (χ0) is 21.7. The number of hydrogen-bond acceptors (Lipinski definition) is 3. The van der Waals surface area contributed by atoms with Crippen LogP contribution in [-0.2, 0) is 12.6 Å². The molecule has 0 radical (unpaired) electrons. The molecule has 1 aromatic heterocycles. The zero-order valence-corrected chi connectivity index (χ0v) is 16.3. The van der Waals surface area contributed by atoms with E-state index in [2.05, 4.69) is 10.3 Å². The summed E-state index contributed by atoms with van der Waals surface area (Å²) in [5.74, 6) is -0.264. The highest BCUT2D eigenvalue weighted by Crippen LogP contribution is 2.30. The molecule has 3 aromatic rings. The molecule has 0 spiro atoms. The Morgan fingerprint density at radius 3 is 2.53 bits per heavy atom. The summed E-state index contributed by atoms with van der Waals surface area (Å²) in [7, 11) is 0. The number of rotatable bonds is 6. The Bertz CT molecular complexity index is 1050. The van der Waals surface area contributed by atoms with Crippen LogP contribution in [0.3, 0.4) is 0 Å². The van der Waals surface area contributed by atoms with Crippen LogP contribution in [0.15, 0.2) is 60.8 Å². The monoisotopic (exact) mass is 414 g/mol. The molecule has 0 saturated carbocycles. The van der Waals surface area contributed by atoms with Crippen LogP contribution >= 0.6 is 0 Å². The molecule has 0 saturated heterocycles. The highest BCUT2D eigenvalue weighted by atomic mass is 19.4. The quantitative estimate of drug-likeness (QED) is 0.629. The molecule has 0 aliphatic heterocycles. The molecule has 4 nitrogen and oxygen atoms in total. The van der Waals surface area contributed by atoms with E-state index in [1.54, 1.807) is 30.5 Å². The van der Waals surface area contributed by atoms with Gasteiger partial charge >= 0.3 is 6.18 Å². The number of carbonyl (C=O) groups excluding carboxylic acids is 1. The lowest BCUT2D eigenvalue weighted by Gasteiger charge is -2.11.